The fraction of sp³-hybridized carbons (Fsp3) is 0.0769. The Labute approximate surface area is 120 Å². The number of nitrogens with one attached hydrogen (secondary N) is 2. The Morgan fingerprint density at radius 2 is 1.70 bits per heavy atom. The van der Waals surface area contributed by atoms with Crippen LogP contribution in [0.1, 0.15) is 5.56 Å². The van der Waals surface area contributed by atoms with Crippen LogP contribution in [-0.2, 0) is 9.59 Å². The molecule has 0 fully saturated rings. The van der Waals surface area contributed by atoms with Gasteiger partial charge in [-0.15, -0.1) is 0 Å². The van der Waals surface area contributed by atoms with Crippen molar-refractivity contribution in [1.29, 1.82) is 0 Å². The molecule has 0 aliphatic heterocycles. The van der Waals surface area contributed by atoms with Crippen molar-refractivity contribution in [3.8, 4) is 0 Å². The average Bonchev–Trinajstić information content (AvgIpc) is 2.45. The molecule has 0 aliphatic carbocycles. The van der Waals surface area contributed by atoms with Crippen LogP contribution in [0.5, 0.6) is 0 Å². The maximum absolute atomic E-state index is 11.8. The maximum atomic E-state index is 11.8. The number of aromatic nitrogens is 2. The molecule has 0 saturated heterocycles. The zero-order valence-corrected chi connectivity index (χ0v) is 11.3. The minimum Gasteiger partial charge on any atom is -0.317 e. The first-order valence-electron chi connectivity index (χ1n) is 5.72. The van der Waals surface area contributed by atoms with Crippen LogP contribution < -0.4 is 10.6 Å². The van der Waals surface area contributed by atoms with Crippen LogP contribution in [0.3, 0.4) is 0 Å². The van der Waals surface area contributed by atoms with E-state index in [1.807, 2.05) is 0 Å². The number of hydrogen-bond donors (Lipinski definition) is 2. The lowest BCUT2D eigenvalue weighted by Gasteiger charge is -2.09. The van der Waals surface area contributed by atoms with E-state index in [1.54, 1.807) is 31.2 Å². The molecule has 102 valence electrons. The van der Waals surface area contributed by atoms with Gasteiger partial charge >= 0.3 is 11.8 Å². The first-order chi connectivity index (χ1) is 9.58. The monoisotopic (exact) mass is 290 g/mol. The molecule has 1 heterocycles. The zero-order valence-electron chi connectivity index (χ0n) is 10.6. The van der Waals surface area contributed by atoms with E-state index in [0.29, 0.717) is 16.3 Å². The van der Waals surface area contributed by atoms with Gasteiger partial charge in [0.1, 0.15) is 0 Å². The molecule has 1 aromatic carbocycles. The molecule has 0 unspecified atom stereocenters. The van der Waals surface area contributed by atoms with E-state index in [0.717, 1.165) is 0 Å². The molecule has 0 radical (unpaired) electrons. The van der Waals surface area contributed by atoms with E-state index in [4.69, 9.17) is 11.6 Å². The summed E-state index contributed by atoms with van der Waals surface area (Å²) in [6.07, 6.45) is 2.92. The van der Waals surface area contributed by atoms with Crippen molar-refractivity contribution in [2.75, 3.05) is 10.6 Å². The minimum atomic E-state index is -0.851. The summed E-state index contributed by atoms with van der Waals surface area (Å²) in [7, 11) is 0. The summed E-state index contributed by atoms with van der Waals surface area (Å²) in [6, 6.07) is 6.64. The highest BCUT2D eigenvalue weighted by molar-refractivity contribution is 6.43. The number of hydrogen-bond acceptors (Lipinski definition) is 4. The van der Waals surface area contributed by atoms with Crippen molar-refractivity contribution in [3.63, 3.8) is 0 Å². The molecule has 20 heavy (non-hydrogen) atoms. The quantitative estimate of drug-likeness (QED) is 0.829. The van der Waals surface area contributed by atoms with Crippen molar-refractivity contribution >= 4 is 35.1 Å². The van der Waals surface area contributed by atoms with E-state index in [-0.39, 0.29) is 5.95 Å². The lowest BCUT2D eigenvalue weighted by atomic mass is 10.2. The smallest absolute Gasteiger partial charge is 0.316 e. The Morgan fingerprint density at radius 3 is 2.40 bits per heavy atom. The number of halogens is 1. The van der Waals surface area contributed by atoms with Gasteiger partial charge in [-0.25, -0.2) is 9.97 Å². The molecule has 0 atom stereocenters. The van der Waals surface area contributed by atoms with E-state index < -0.39 is 11.8 Å². The average molecular weight is 291 g/mol. The number of rotatable bonds is 2. The molecule has 2 rings (SSSR count). The number of amides is 2. The number of anilines is 2. The molecule has 2 aromatic rings. The van der Waals surface area contributed by atoms with Gasteiger partial charge < -0.3 is 5.32 Å². The normalized spacial score (nSPS) is 9.90. The number of carbonyl (C=O) groups is 2. The van der Waals surface area contributed by atoms with Crippen LogP contribution >= 0.6 is 11.6 Å². The SMILES string of the molecule is Cc1c(Cl)cccc1NC(=O)C(=O)Nc1ncccn1. The Bertz CT molecular complexity index is 646. The van der Waals surface area contributed by atoms with Gasteiger partial charge in [0.15, 0.2) is 0 Å². The van der Waals surface area contributed by atoms with Gasteiger partial charge in [-0.1, -0.05) is 17.7 Å². The third-order valence-electron chi connectivity index (χ3n) is 2.51. The Balaban J connectivity index is 2.05. The van der Waals surface area contributed by atoms with E-state index in [2.05, 4.69) is 20.6 Å². The number of benzene rings is 1. The summed E-state index contributed by atoms with van der Waals surface area (Å²) in [5.74, 6) is -1.60. The van der Waals surface area contributed by atoms with Crippen molar-refractivity contribution in [3.05, 3.63) is 47.2 Å². The van der Waals surface area contributed by atoms with Crippen molar-refractivity contribution < 1.29 is 9.59 Å². The number of carbonyl (C=O) groups excluding carboxylic acids is 2. The molecular weight excluding hydrogens is 280 g/mol. The van der Waals surface area contributed by atoms with Gasteiger partial charge in [-0.2, -0.15) is 0 Å². The second-order valence-electron chi connectivity index (χ2n) is 3.89. The molecule has 0 bridgehead atoms. The summed E-state index contributed by atoms with van der Waals surface area (Å²) < 4.78 is 0. The lowest BCUT2D eigenvalue weighted by molar-refractivity contribution is -0.133. The summed E-state index contributed by atoms with van der Waals surface area (Å²) in [5.41, 5.74) is 1.16. The van der Waals surface area contributed by atoms with E-state index in [9.17, 15) is 9.59 Å². The summed E-state index contributed by atoms with van der Waals surface area (Å²) in [4.78, 5) is 31.0. The largest absolute Gasteiger partial charge is 0.317 e. The van der Waals surface area contributed by atoms with Crippen LogP contribution in [0.25, 0.3) is 0 Å². The molecule has 0 saturated carbocycles. The van der Waals surface area contributed by atoms with Crippen LogP contribution in [0.2, 0.25) is 5.02 Å². The Morgan fingerprint density at radius 1 is 1.05 bits per heavy atom. The first-order valence-corrected chi connectivity index (χ1v) is 6.10. The second-order valence-corrected chi connectivity index (χ2v) is 4.30. The summed E-state index contributed by atoms with van der Waals surface area (Å²) in [5, 5.41) is 5.28. The highest BCUT2D eigenvalue weighted by Crippen LogP contribution is 2.22. The van der Waals surface area contributed by atoms with Gasteiger partial charge in [-0.05, 0) is 30.7 Å². The van der Waals surface area contributed by atoms with Gasteiger partial charge in [0, 0.05) is 23.1 Å². The van der Waals surface area contributed by atoms with Crippen molar-refractivity contribution in [2.24, 2.45) is 0 Å². The molecule has 7 heteroatoms. The van der Waals surface area contributed by atoms with Crippen LogP contribution in [0, 0.1) is 6.92 Å². The van der Waals surface area contributed by atoms with Gasteiger partial charge in [0.05, 0.1) is 0 Å². The first kappa shape index (κ1) is 14.0. The third kappa shape index (κ3) is 3.30. The highest BCUT2D eigenvalue weighted by atomic mass is 35.5. The molecule has 6 nitrogen and oxygen atoms in total. The summed E-state index contributed by atoms with van der Waals surface area (Å²) >= 11 is 5.93. The second kappa shape index (κ2) is 6.12. The van der Waals surface area contributed by atoms with E-state index >= 15 is 0 Å². The maximum Gasteiger partial charge on any atom is 0.316 e. The van der Waals surface area contributed by atoms with Gasteiger partial charge in [0.25, 0.3) is 0 Å². The fourth-order valence-corrected chi connectivity index (χ4v) is 1.62. The lowest BCUT2D eigenvalue weighted by Crippen LogP contribution is -2.30. The zero-order chi connectivity index (χ0) is 14.5. The molecule has 0 aliphatic rings. The molecule has 1 aromatic heterocycles. The van der Waals surface area contributed by atoms with Crippen LogP contribution in [0.15, 0.2) is 36.7 Å². The predicted molar refractivity (Wildman–Crippen MR) is 75.5 cm³/mol. The van der Waals surface area contributed by atoms with Crippen LogP contribution in [0.4, 0.5) is 11.6 Å². The highest BCUT2D eigenvalue weighted by Gasteiger charge is 2.16. The standard InChI is InChI=1S/C13H11ClN4O2/c1-8-9(14)4-2-5-10(8)17-11(19)12(20)18-13-15-6-3-7-16-13/h2-7H,1H3,(H,17,19)(H,15,16,18,20). The Kier molecular flexibility index (Phi) is 4.27. The van der Waals surface area contributed by atoms with E-state index in [1.165, 1.54) is 12.4 Å². The third-order valence-corrected chi connectivity index (χ3v) is 2.92. The van der Waals surface area contributed by atoms with Crippen molar-refractivity contribution in [2.45, 2.75) is 6.92 Å². The molecule has 0 spiro atoms. The molecular formula is C13H11ClN4O2. The summed E-state index contributed by atoms with van der Waals surface area (Å²) in [6.45, 7) is 1.75. The minimum absolute atomic E-state index is 0.0652. The number of nitrogens with zero attached hydrogens (tertiary/aromatic N) is 2. The molecule has 2 amide bonds. The Hall–Kier alpha value is -2.47. The fourth-order valence-electron chi connectivity index (χ4n) is 1.44. The van der Waals surface area contributed by atoms with Crippen LogP contribution in [-0.4, -0.2) is 21.8 Å². The predicted octanol–water partition coefficient (Wildman–Crippen LogP) is 2.02. The topological polar surface area (TPSA) is 84.0 Å². The van der Waals surface area contributed by atoms with Gasteiger partial charge in [-0.3, -0.25) is 14.9 Å². The van der Waals surface area contributed by atoms with Gasteiger partial charge in [0.2, 0.25) is 5.95 Å². The molecule has 2 N–H and O–H groups in total. The van der Waals surface area contributed by atoms with Crippen molar-refractivity contribution in [1.82, 2.24) is 9.97 Å².